The SMILES string of the molecule is C=C(C)C(=O)OCCOP(=O)(O)O.C=C(C)C(=O)OCCOP(=O)(O)OCCOC(=O)C(=C)C.C=C(C)C(=O)OCCOP(=O)(OCCOC(=O)C(=C)C)OCCOC(=O)C(=C)C.C=CC(=O)OCCOP(=O)(O)O.C=CC(=O)OCCOP(=O)(O)OCCOC(=O)C=C.C=CC(=O)OCCOP(=O)(OCCOC(=O)C=C)OCCOC(=O)C(=C)C. The van der Waals surface area contributed by atoms with Crippen LogP contribution in [0.25, 0.3) is 0 Å². The minimum atomic E-state index is -4.46. The molecule has 0 saturated carbocycles. The molecule has 0 heterocycles. The van der Waals surface area contributed by atoms with Crippen LogP contribution in [-0.4, -0.2) is 260 Å². The van der Waals surface area contributed by atoms with Gasteiger partial charge >= 0.3 is 119 Å². The van der Waals surface area contributed by atoms with Crippen LogP contribution in [0.15, 0.2) is 148 Å². The molecule has 0 fully saturated rings. The maximum absolute atomic E-state index is 12.6. The Balaban J connectivity index is -0.000000336. The molecule has 48 nitrogen and oxygen atoms in total. The Morgan fingerprint density at radius 2 is 0.322 bits per heavy atom. The van der Waals surface area contributed by atoms with Gasteiger partial charge in [-0.05, 0) is 48.5 Å². The Labute approximate surface area is 696 Å². The Morgan fingerprint density at radius 3 is 0.438 bits per heavy atom. The largest absolute Gasteiger partial charge is 0.475 e. The van der Waals surface area contributed by atoms with Crippen LogP contribution in [0.3, 0.4) is 0 Å². The Bertz CT molecular complexity index is 3560. The van der Waals surface area contributed by atoms with E-state index in [0.29, 0.717) is 0 Å². The molecular weight excluding hydrogens is 1760 g/mol. The van der Waals surface area contributed by atoms with E-state index >= 15 is 0 Å². The average molecular weight is 1860 g/mol. The zero-order chi connectivity index (χ0) is 94.4. The average Bonchev–Trinajstić information content (AvgIpc) is 0.901. The van der Waals surface area contributed by atoms with Gasteiger partial charge in [-0.1, -0.05) is 78.9 Å². The molecule has 0 aliphatic carbocycles. The zero-order valence-corrected chi connectivity index (χ0v) is 72.7. The van der Waals surface area contributed by atoms with E-state index in [-0.39, 0.29) is 198 Å². The second-order valence-electron chi connectivity index (χ2n) is 21.1. The summed E-state index contributed by atoms with van der Waals surface area (Å²) in [5.41, 5.74) is 1.41. The normalized spacial score (nSPS) is 10.7. The summed E-state index contributed by atoms with van der Waals surface area (Å²) in [5, 5.41) is 0. The van der Waals surface area contributed by atoms with Gasteiger partial charge in [0.2, 0.25) is 0 Å². The summed E-state index contributed by atoms with van der Waals surface area (Å²) in [5.74, 6) is -7.78. The van der Waals surface area contributed by atoms with Crippen LogP contribution in [0.1, 0.15) is 48.5 Å². The minimum Gasteiger partial charge on any atom is -0.460 e. The molecule has 0 unspecified atom stereocenters. The number of hydrogen-bond acceptors (Lipinski definition) is 42. The first kappa shape index (κ1) is 123. The molecule has 0 rings (SSSR count). The maximum Gasteiger partial charge on any atom is 0.475 e. The van der Waals surface area contributed by atoms with Crippen molar-refractivity contribution in [1.29, 1.82) is 0 Å². The molecule has 0 amide bonds. The van der Waals surface area contributed by atoms with E-state index in [9.17, 15) is 89.8 Å². The summed E-state index contributed by atoms with van der Waals surface area (Å²) in [6.07, 6.45) is 4.75. The number of carbonyl (C=O) groups excluding carboxylic acids is 12. The Kier molecular flexibility index (Phi) is 72.9. The van der Waals surface area contributed by atoms with Crippen molar-refractivity contribution in [3.8, 4) is 0 Å². The van der Waals surface area contributed by atoms with Crippen molar-refractivity contribution in [3.63, 3.8) is 0 Å². The lowest BCUT2D eigenvalue weighted by molar-refractivity contribution is -0.141. The number of phosphoric ester groups is 6. The van der Waals surface area contributed by atoms with Crippen molar-refractivity contribution in [2.45, 2.75) is 48.5 Å². The first-order valence-electron chi connectivity index (χ1n) is 33.5. The van der Waals surface area contributed by atoms with Gasteiger partial charge in [-0.25, -0.2) is 84.9 Å². The molecule has 0 atom stereocenters. The predicted molar refractivity (Wildman–Crippen MR) is 417 cm³/mol. The van der Waals surface area contributed by atoms with Crippen LogP contribution >= 0.6 is 46.9 Å². The molecule has 0 aromatic heterocycles. The van der Waals surface area contributed by atoms with E-state index in [4.69, 9.17) is 70.6 Å². The lowest BCUT2D eigenvalue weighted by atomic mass is 10.4. The first-order chi connectivity index (χ1) is 56.1. The summed E-state index contributed by atoms with van der Waals surface area (Å²) in [6, 6.07) is 0. The standard InChI is InChI=1S/C18H27O10P.C16H23O10P.C12H19O8P.C10H15O8P.C6H11O6P.C5H9O6P/c1-13(2)16(19)23-7-10-26-29(22,27-11-8-24-17(20)14(3)4)28-12-9-25-18(21)15(5)6;1-5-14(17)21-7-10-24-27(20,25-11-8-22-15(18)6-2)26-12-9-23-16(19)13(3)4;1-9(2)11(13)17-5-7-19-21(15,16)20-8-6-18-12(14)10(3)4;1-3-9(11)15-5-7-17-19(13,14)18-8-6-16-10(12)4-2;1-5(2)6(7)11-3-4-12-13(8,9)10;1-2-5(6)10-3-4-11-12(7,8)9/h1,3,5,7-12H2,2,4,6H3;5-6H,1-3,7-12H2,4H3;1,3,5-8H2,2,4H3,(H,15,16);3-4H,1-2,5-8H2,(H,13,14);1,3-4H2,2H3,(H2,8,9,10);2H,1,3-4H2,(H2,7,8,9). The van der Waals surface area contributed by atoms with Crippen molar-refractivity contribution in [2.75, 3.05) is 159 Å². The van der Waals surface area contributed by atoms with E-state index in [2.05, 4.69) is 144 Å². The molecule has 690 valence electrons. The number of phosphoric acid groups is 6. The molecule has 0 saturated heterocycles. The molecule has 0 aromatic carbocycles. The molecule has 0 aliphatic heterocycles. The van der Waals surface area contributed by atoms with Crippen molar-refractivity contribution in [2.24, 2.45) is 0 Å². The van der Waals surface area contributed by atoms with E-state index < -0.39 is 119 Å². The van der Waals surface area contributed by atoms with Gasteiger partial charge in [0.05, 0.1) is 79.3 Å². The van der Waals surface area contributed by atoms with E-state index in [0.717, 1.165) is 30.4 Å². The number of carbonyl (C=O) groups is 12. The molecule has 6 N–H and O–H groups in total. The molecule has 0 aromatic rings. The second kappa shape index (κ2) is 71.7. The van der Waals surface area contributed by atoms with Gasteiger partial charge in [-0.15, -0.1) is 0 Å². The minimum absolute atomic E-state index is 0.193. The summed E-state index contributed by atoms with van der Waals surface area (Å²) in [6.45, 7) is 43.5. The number of hydrogen-bond donors (Lipinski definition) is 6. The smallest absolute Gasteiger partial charge is 0.460 e. The van der Waals surface area contributed by atoms with Gasteiger partial charge in [-0.3, -0.25) is 54.3 Å². The van der Waals surface area contributed by atoms with Crippen LogP contribution in [0.2, 0.25) is 0 Å². The van der Waals surface area contributed by atoms with E-state index in [1.165, 1.54) is 48.5 Å². The highest BCUT2D eigenvalue weighted by Crippen LogP contribution is 2.50. The van der Waals surface area contributed by atoms with Gasteiger partial charge < -0.3 is 86.2 Å². The van der Waals surface area contributed by atoms with Gasteiger partial charge in [0.15, 0.2) is 0 Å². The van der Waals surface area contributed by atoms with E-state index in [1.54, 1.807) is 0 Å². The third-order valence-corrected chi connectivity index (χ3v) is 16.2. The first-order valence-corrected chi connectivity index (χ1v) is 42.5. The number of esters is 12. The topological polar surface area (TPSA) is 650 Å². The van der Waals surface area contributed by atoms with Crippen molar-refractivity contribution >= 4 is 119 Å². The lowest BCUT2D eigenvalue weighted by Crippen LogP contribution is -2.15. The van der Waals surface area contributed by atoms with Crippen LogP contribution in [0.4, 0.5) is 0 Å². The molecule has 121 heavy (non-hydrogen) atoms. The molecule has 0 radical (unpaired) electrons. The van der Waals surface area contributed by atoms with Gasteiger partial charge in [0.1, 0.15) is 79.3 Å². The highest BCUT2D eigenvalue weighted by molar-refractivity contribution is 7.49. The molecule has 0 bridgehead atoms. The predicted octanol–water partition coefficient (Wildman–Crippen LogP) is 6.20. The summed E-state index contributed by atoms with van der Waals surface area (Å²) < 4.78 is 180. The monoisotopic (exact) mass is 1860 g/mol. The highest BCUT2D eigenvalue weighted by Gasteiger charge is 2.30. The van der Waals surface area contributed by atoms with Gasteiger partial charge in [0, 0.05) is 69.4 Å². The fraction of sp³-hybridized carbons (Fsp3) is 0.463. The zero-order valence-electron chi connectivity index (χ0n) is 67.4. The third kappa shape index (κ3) is 84.6. The molecule has 0 spiro atoms. The molecular formula is C67H104O48P6. The molecule has 0 aliphatic rings. The van der Waals surface area contributed by atoms with Crippen LogP contribution in [-0.2, 0) is 196 Å². The Hall–Kier alpha value is -8.82. The second-order valence-corrected chi connectivity index (χ2v) is 29.8. The van der Waals surface area contributed by atoms with Crippen LogP contribution < -0.4 is 0 Å². The highest BCUT2D eigenvalue weighted by atomic mass is 31.2. The fourth-order valence-corrected chi connectivity index (χ4v) is 9.16. The maximum atomic E-state index is 12.6. The summed E-state index contributed by atoms with van der Waals surface area (Å²) >= 11 is 0. The van der Waals surface area contributed by atoms with Crippen molar-refractivity contribution < 1.29 is 225 Å². The Morgan fingerprint density at radius 1 is 0.207 bits per heavy atom. The third-order valence-electron chi connectivity index (χ3n) is 10.2. The summed E-state index contributed by atoms with van der Waals surface area (Å²) in [4.78, 5) is 183. The van der Waals surface area contributed by atoms with Crippen LogP contribution in [0.5, 0.6) is 0 Å². The number of ether oxygens (including phenoxy) is 12. The quantitative estimate of drug-likeness (QED) is 0.0130. The van der Waals surface area contributed by atoms with Gasteiger partial charge in [0.25, 0.3) is 0 Å². The van der Waals surface area contributed by atoms with Crippen molar-refractivity contribution in [3.05, 3.63) is 148 Å². The van der Waals surface area contributed by atoms with E-state index in [1.807, 2.05) is 0 Å². The van der Waals surface area contributed by atoms with Crippen molar-refractivity contribution in [1.82, 2.24) is 0 Å². The van der Waals surface area contributed by atoms with Crippen LogP contribution in [0, 0.1) is 0 Å². The molecule has 54 heteroatoms. The number of rotatable bonds is 60. The van der Waals surface area contributed by atoms with Gasteiger partial charge in [-0.2, -0.15) is 0 Å². The fourth-order valence-electron chi connectivity index (χ4n) is 4.92. The summed E-state index contributed by atoms with van der Waals surface area (Å²) in [7, 11) is -25.7. The lowest BCUT2D eigenvalue weighted by Gasteiger charge is -2.18.